The maximum absolute atomic E-state index is 6.35. The summed E-state index contributed by atoms with van der Waals surface area (Å²) in [6.45, 7) is 1.64. The van der Waals surface area contributed by atoms with Crippen molar-refractivity contribution in [1.82, 2.24) is 15.2 Å². The third kappa shape index (κ3) is 5.81. The van der Waals surface area contributed by atoms with E-state index in [9.17, 15) is 0 Å². The van der Waals surface area contributed by atoms with Crippen LogP contribution in [-0.4, -0.2) is 28.1 Å². The van der Waals surface area contributed by atoms with E-state index < -0.39 is 0 Å². The number of rotatable bonds is 9. The lowest BCUT2D eigenvalue weighted by molar-refractivity contribution is 0.259. The highest BCUT2D eigenvalue weighted by atomic mass is 35.5. The van der Waals surface area contributed by atoms with Gasteiger partial charge in [-0.1, -0.05) is 47.6 Å². The van der Waals surface area contributed by atoms with Gasteiger partial charge >= 0.3 is 0 Å². The van der Waals surface area contributed by atoms with Crippen LogP contribution < -0.4 is 10.6 Å². The molecule has 178 valence electrons. The molecule has 1 fully saturated rings. The summed E-state index contributed by atoms with van der Waals surface area (Å²) in [4.78, 5) is 7.89. The SMILES string of the molecule is S=C1N[C@@H](c2ccccn2)[C@@H](c2ccc(Sc3ccc(Cl)cc3)o2)N1CCCNc1ccccc1. The number of nitrogens with one attached hydrogen (secondary N) is 2. The Bertz CT molecular complexity index is 1250. The number of pyridine rings is 1. The topological polar surface area (TPSA) is 53.3 Å². The number of furan rings is 1. The van der Waals surface area contributed by atoms with Gasteiger partial charge in [0.25, 0.3) is 0 Å². The van der Waals surface area contributed by atoms with E-state index in [2.05, 4.69) is 32.7 Å². The monoisotopic (exact) mass is 520 g/mol. The van der Waals surface area contributed by atoms with Gasteiger partial charge in [0, 0.05) is 34.9 Å². The molecule has 1 saturated heterocycles. The Balaban J connectivity index is 1.33. The summed E-state index contributed by atoms with van der Waals surface area (Å²) < 4.78 is 6.35. The first-order chi connectivity index (χ1) is 17.2. The Morgan fingerprint density at radius 2 is 1.80 bits per heavy atom. The molecule has 2 aromatic carbocycles. The molecule has 5 rings (SSSR count). The predicted octanol–water partition coefficient (Wildman–Crippen LogP) is 6.95. The zero-order chi connectivity index (χ0) is 24.0. The van der Waals surface area contributed by atoms with Gasteiger partial charge < -0.3 is 20.0 Å². The Morgan fingerprint density at radius 3 is 2.57 bits per heavy atom. The molecule has 0 radical (unpaired) electrons. The average Bonchev–Trinajstić information content (AvgIpc) is 3.48. The lowest BCUT2D eigenvalue weighted by Gasteiger charge is -2.26. The average molecular weight is 521 g/mol. The van der Waals surface area contributed by atoms with Gasteiger partial charge in [0.2, 0.25) is 0 Å². The van der Waals surface area contributed by atoms with Gasteiger partial charge in [-0.25, -0.2) is 0 Å². The first kappa shape index (κ1) is 23.7. The summed E-state index contributed by atoms with van der Waals surface area (Å²) in [5, 5.41) is 9.22. The molecule has 0 unspecified atom stereocenters. The number of benzene rings is 2. The second kappa shape index (κ2) is 11.2. The third-order valence-electron chi connectivity index (χ3n) is 5.80. The van der Waals surface area contributed by atoms with Crippen LogP contribution in [0.15, 0.2) is 106 Å². The fourth-order valence-corrected chi connectivity index (χ4v) is 5.40. The fourth-order valence-electron chi connectivity index (χ4n) is 4.16. The van der Waals surface area contributed by atoms with Crippen LogP contribution in [0.25, 0.3) is 0 Å². The number of aromatic nitrogens is 1. The second-order valence-corrected chi connectivity index (χ2v) is 10.1. The van der Waals surface area contributed by atoms with Gasteiger partial charge in [-0.05, 0) is 79.3 Å². The first-order valence-corrected chi connectivity index (χ1v) is 13.1. The number of para-hydroxylation sites is 1. The van der Waals surface area contributed by atoms with Gasteiger partial charge in [-0.15, -0.1) is 0 Å². The van der Waals surface area contributed by atoms with Gasteiger partial charge in [-0.3, -0.25) is 4.98 Å². The number of hydrogen-bond donors (Lipinski definition) is 2. The molecule has 2 atom stereocenters. The van der Waals surface area contributed by atoms with Crippen molar-refractivity contribution in [3.8, 4) is 0 Å². The molecular formula is C27H25ClN4OS2. The number of halogens is 1. The van der Waals surface area contributed by atoms with Gasteiger partial charge in [0.15, 0.2) is 10.2 Å². The fraction of sp³-hybridized carbons (Fsp3) is 0.185. The maximum Gasteiger partial charge on any atom is 0.170 e. The van der Waals surface area contributed by atoms with E-state index in [1.807, 2.05) is 79.0 Å². The Morgan fingerprint density at radius 1 is 1.00 bits per heavy atom. The quantitative estimate of drug-likeness (QED) is 0.183. The summed E-state index contributed by atoms with van der Waals surface area (Å²) in [5.74, 6) is 0.862. The van der Waals surface area contributed by atoms with Crippen molar-refractivity contribution in [2.24, 2.45) is 0 Å². The molecule has 2 N–H and O–H groups in total. The highest BCUT2D eigenvalue weighted by Crippen LogP contribution is 2.41. The summed E-state index contributed by atoms with van der Waals surface area (Å²) in [6, 6.07) is 27.8. The van der Waals surface area contributed by atoms with E-state index in [4.69, 9.17) is 28.2 Å². The predicted molar refractivity (Wildman–Crippen MR) is 146 cm³/mol. The molecule has 0 aliphatic carbocycles. The van der Waals surface area contributed by atoms with Crippen LogP contribution in [0.3, 0.4) is 0 Å². The highest BCUT2D eigenvalue weighted by molar-refractivity contribution is 7.99. The number of hydrogen-bond acceptors (Lipinski definition) is 5. The highest BCUT2D eigenvalue weighted by Gasteiger charge is 2.41. The largest absolute Gasteiger partial charge is 0.452 e. The zero-order valence-corrected chi connectivity index (χ0v) is 21.3. The summed E-state index contributed by atoms with van der Waals surface area (Å²) in [6.07, 6.45) is 2.74. The number of anilines is 1. The van der Waals surface area contributed by atoms with Crippen molar-refractivity contribution >= 4 is 46.4 Å². The second-order valence-electron chi connectivity index (χ2n) is 8.18. The van der Waals surface area contributed by atoms with Gasteiger partial charge in [-0.2, -0.15) is 0 Å². The number of nitrogens with zero attached hydrogens (tertiary/aromatic N) is 2. The van der Waals surface area contributed by atoms with E-state index in [1.165, 1.54) is 0 Å². The minimum Gasteiger partial charge on any atom is -0.452 e. The van der Waals surface area contributed by atoms with E-state index in [-0.39, 0.29) is 12.1 Å². The molecule has 3 heterocycles. The van der Waals surface area contributed by atoms with Crippen LogP contribution >= 0.6 is 35.6 Å². The smallest absolute Gasteiger partial charge is 0.170 e. The van der Waals surface area contributed by atoms with Crippen molar-refractivity contribution in [2.45, 2.75) is 28.5 Å². The minimum atomic E-state index is -0.0923. The van der Waals surface area contributed by atoms with E-state index in [0.29, 0.717) is 5.11 Å². The van der Waals surface area contributed by atoms with Crippen molar-refractivity contribution in [3.05, 3.63) is 108 Å². The maximum atomic E-state index is 6.35. The summed E-state index contributed by atoms with van der Waals surface area (Å²) in [7, 11) is 0. The minimum absolute atomic E-state index is 0.0892. The normalized spacial score (nSPS) is 17.4. The molecule has 0 spiro atoms. The van der Waals surface area contributed by atoms with E-state index >= 15 is 0 Å². The van der Waals surface area contributed by atoms with Crippen molar-refractivity contribution in [2.75, 3.05) is 18.4 Å². The van der Waals surface area contributed by atoms with Crippen LogP contribution in [0.2, 0.25) is 5.02 Å². The van der Waals surface area contributed by atoms with Crippen LogP contribution in [0.5, 0.6) is 0 Å². The van der Waals surface area contributed by atoms with Crippen LogP contribution in [0, 0.1) is 0 Å². The molecule has 4 aromatic rings. The molecule has 0 saturated carbocycles. The van der Waals surface area contributed by atoms with Crippen molar-refractivity contribution in [3.63, 3.8) is 0 Å². The van der Waals surface area contributed by atoms with Gasteiger partial charge in [0.05, 0.1) is 11.7 Å². The number of thiocarbonyl (C=S) groups is 1. The van der Waals surface area contributed by atoms with Crippen LogP contribution in [0.4, 0.5) is 5.69 Å². The first-order valence-electron chi connectivity index (χ1n) is 11.5. The molecule has 2 aromatic heterocycles. The van der Waals surface area contributed by atoms with Crippen molar-refractivity contribution in [1.29, 1.82) is 0 Å². The lowest BCUT2D eigenvalue weighted by Crippen LogP contribution is -2.31. The van der Waals surface area contributed by atoms with E-state index in [1.54, 1.807) is 11.8 Å². The Kier molecular flexibility index (Phi) is 7.57. The van der Waals surface area contributed by atoms with E-state index in [0.717, 1.165) is 51.7 Å². The summed E-state index contributed by atoms with van der Waals surface area (Å²) in [5.41, 5.74) is 2.06. The molecule has 35 heavy (non-hydrogen) atoms. The standard InChI is InChI=1S/C27H25ClN4OS2/c28-19-10-12-21(13-11-19)35-24-15-14-23(33-24)26-25(22-9-4-5-16-30-22)31-27(34)32(26)18-6-17-29-20-7-2-1-3-8-20/h1-5,7-16,25-26,29H,6,17-18H2,(H,31,34)/t25-,26+/m0/s1. The van der Waals surface area contributed by atoms with Crippen LogP contribution in [-0.2, 0) is 0 Å². The molecule has 0 amide bonds. The molecule has 1 aliphatic heterocycles. The lowest BCUT2D eigenvalue weighted by atomic mass is 10.0. The Hall–Kier alpha value is -3.00. The molecule has 8 heteroatoms. The third-order valence-corrected chi connectivity index (χ3v) is 7.33. The molecule has 1 aliphatic rings. The Labute approximate surface area is 219 Å². The van der Waals surface area contributed by atoms with Crippen molar-refractivity contribution < 1.29 is 4.42 Å². The summed E-state index contributed by atoms with van der Waals surface area (Å²) >= 11 is 13.4. The zero-order valence-electron chi connectivity index (χ0n) is 18.9. The molecule has 5 nitrogen and oxygen atoms in total. The molecule has 0 bridgehead atoms. The molecular weight excluding hydrogens is 496 g/mol. The van der Waals surface area contributed by atoms with Gasteiger partial charge in [0.1, 0.15) is 11.8 Å². The van der Waals surface area contributed by atoms with Crippen LogP contribution in [0.1, 0.15) is 30.0 Å².